The molecule has 0 fully saturated rings. The SMILES string of the molecule is CC1CN(Cc2ccccc2)CC=C1C[N+](=O)[O-]. The minimum Gasteiger partial charge on any atom is -0.295 e. The van der Waals surface area contributed by atoms with Gasteiger partial charge in [0, 0.05) is 30.1 Å². The fourth-order valence-corrected chi connectivity index (χ4v) is 2.37. The number of benzene rings is 1. The standard InChI is InChI=1S/C14H18N2O2/c1-12-9-15(8-7-14(12)11-16(17)18)10-13-5-3-2-4-6-13/h2-7,12H,8-11H2,1H3. The monoisotopic (exact) mass is 246 g/mol. The fraction of sp³-hybridized carbons (Fsp3) is 0.429. The largest absolute Gasteiger partial charge is 0.295 e. The third kappa shape index (κ3) is 3.40. The summed E-state index contributed by atoms with van der Waals surface area (Å²) in [6, 6.07) is 10.3. The average molecular weight is 246 g/mol. The molecule has 1 aromatic carbocycles. The van der Waals surface area contributed by atoms with Crippen molar-refractivity contribution in [1.82, 2.24) is 4.90 Å². The molecule has 1 atom stereocenters. The summed E-state index contributed by atoms with van der Waals surface area (Å²) in [5.74, 6) is 0.271. The first kappa shape index (κ1) is 12.8. The van der Waals surface area contributed by atoms with E-state index in [-0.39, 0.29) is 17.4 Å². The first-order valence-electron chi connectivity index (χ1n) is 6.22. The van der Waals surface area contributed by atoms with E-state index in [1.807, 2.05) is 24.3 Å². The third-order valence-electron chi connectivity index (χ3n) is 3.34. The molecule has 0 saturated carbocycles. The molecule has 96 valence electrons. The maximum Gasteiger partial charge on any atom is 0.225 e. The smallest absolute Gasteiger partial charge is 0.225 e. The molecule has 0 spiro atoms. The summed E-state index contributed by atoms with van der Waals surface area (Å²) >= 11 is 0. The maximum atomic E-state index is 10.5. The molecule has 0 aliphatic carbocycles. The average Bonchev–Trinajstić information content (AvgIpc) is 2.33. The van der Waals surface area contributed by atoms with E-state index >= 15 is 0 Å². The Bertz CT molecular complexity index is 442. The van der Waals surface area contributed by atoms with Crippen molar-refractivity contribution in [1.29, 1.82) is 0 Å². The van der Waals surface area contributed by atoms with Gasteiger partial charge in [0.25, 0.3) is 0 Å². The molecule has 1 unspecified atom stereocenters. The molecule has 0 saturated heterocycles. The van der Waals surface area contributed by atoms with Crippen LogP contribution in [0.2, 0.25) is 0 Å². The van der Waals surface area contributed by atoms with Gasteiger partial charge in [-0.05, 0) is 11.5 Å². The molecule has 0 radical (unpaired) electrons. The second-order valence-corrected chi connectivity index (χ2v) is 4.85. The highest BCUT2D eigenvalue weighted by Crippen LogP contribution is 2.19. The summed E-state index contributed by atoms with van der Waals surface area (Å²) in [5.41, 5.74) is 2.25. The zero-order chi connectivity index (χ0) is 13.0. The van der Waals surface area contributed by atoms with Gasteiger partial charge >= 0.3 is 0 Å². The summed E-state index contributed by atoms with van der Waals surface area (Å²) in [5, 5.41) is 10.5. The van der Waals surface area contributed by atoms with Crippen molar-refractivity contribution in [3.63, 3.8) is 0 Å². The molecule has 2 rings (SSSR count). The third-order valence-corrected chi connectivity index (χ3v) is 3.34. The molecule has 1 aliphatic heterocycles. The normalized spacial score (nSPS) is 20.5. The van der Waals surface area contributed by atoms with Crippen LogP contribution in [0.1, 0.15) is 12.5 Å². The molecule has 18 heavy (non-hydrogen) atoms. The number of hydrogen-bond acceptors (Lipinski definition) is 3. The molecule has 1 aromatic rings. The highest BCUT2D eigenvalue weighted by atomic mass is 16.6. The molecule has 4 nitrogen and oxygen atoms in total. The molecule has 1 aliphatic rings. The van der Waals surface area contributed by atoms with E-state index in [2.05, 4.69) is 24.0 Å². The Balaban J connectivity index is 1.95. The summed E-state index contributed by atoms with van der Waals surface area (Å²) in [6.07, 6.45) is 2.01. The van der Waals surface area contributed by atoms with Crippen molar-refractivity contribution in [3.8, 4) is 0 Å². The molecular formula is C14H18N2O2. The topological polar surface area (TPSA) is 46.4 Å². The number of nitrogens with zero attached hydrogens (tertiary/aromatic N) is 2. The highest BCUT2D eigenvalue weighted by molar-refractivity contribution is 5.16. The second kappa shape index (κ2) is 5.78. The van der Waals surface area contributed by atoms with Crippen molar-refractivity contribution in [2.24, 2.45) is 5.92 Å². The Kier molecular flexibility index (Phi) is 4.10. The molecule has 0 aromatic heterocycles. The van der Waals surface area contributed by atoms with Gasteiger partial charge in [0.1, 0.15) is 0 Å². The zero-order valence-corrected chi connectivity index (χ0v) is 10.6. The van der Waals surface area contributed by atoms with Crippen LogP contribution in [0, 0.1) is 16.0 Å². The van der Waals surface area contributed by atoms with E-state index in [0.717, 1.165) is 25.2 Å². The lowest BCUT2D eigenvalue weighted by molar-refractivity contribution is -0.471. The van der Waals surface area contributed by atoms with Crippen LogP contribution in [0.15, 0.2) is 42.0 Å². The van der Waals surface area contributed by atoms with Crippen LogP contribution in [-0.4, -0.2) is 29.5 Å². The highest BCUT2D eigenvalue weighted by Gasteiger charge is 2.21. The number of nitro groups is 1. The van der Waals surface area contributed by atoms with Crippen LogP contribution in [-0.2, 0) is 6.54 Å². The van der Waals surface area contributed by atoms with Crippen molar-refractivity contribution >= 4 is 0 Å². The van der Waals surface area contributed by atoms with E-state index < -0.39 is 0 Å². The van der Waals surface area contributed by atoms with Gasteiger partial charge in [-0.15, -0.1) is 0 Å². The Morgan fingerprint density at radius 3 is 2.72 bits per heavy atom. The molecule has 0 amide bonds. The summed E-state index contributed by atoms with van der Waals surface area (Å²) in [4.78, 5) is 12.6. The van der Waals surface area contributed by atoms with E-state index in [1.165, 1.54) is 5.56 Å². The number of rotatable bonds is 4. The fourth-order valence-electron chi connectivity index (χ4n) is 2.37. The van der Waals surface area contributed by atoms with Gasteiger partial charge < -0.3 is 0 Å². The van der Waals surface area contributed by atoms with E-state index in [0.29, 0.717) is 0 Å². The van der Waals surface area contributed by atoms with Gasteiger partial charge in [-0.1, -0.05) is 43.3 Å². The van der Waals surface area contributed by atoms with Crippen molar-refractivity contribution in [2.45, 2.75) is 13.5 Å². The Morgan fingerprint density at radius 1 is 1.39 bits per heavy atom. The summed E-state index contributed by atoms with van der Waals surface area (Å²) < 4.78 is 0. The molecular weight excluding hydrogens is 228 g/mol. The van der Waals surface area contributed by atoms with E-state index in [4.69, 9.17) is 0 Å². The van der Waals surface area contributed by atoms with Crippen LogP contribution in [0.25, 0.3) is 0 Å². The van der Waals surface area contributed by atoms with Gasteiger partial charge in [-0.2, -0.15) is 0 Å². The number of hydrogen-bond donors (Lipinski definition) is 0. The van der Waals surface area contributed by atoms with Gasteiger partial charge in [0.2, 0.25) is 6.54 Å². The molecule has 4 heteroatoms. The lowest BCUT2D eigenvalue weighted by Gasteiger charge is -2.29. The molecule has 0 N–H and O–H groups in total. The van der Waals surface area contributed by atoms with Gasteiger partial charge in [0.05, 0.1) is 0 Å². The van der Waals surface area contributed by atoms with Gasteiger partial charge in [-0.25, -0.2) is 0 Å². The molecule has 0 bridgehead atoms. The van der Waals surface area contributed by atoms with Crippen molar-refractivity contribution < 1.29 is 4.92 Å². The lowest BCUT2D eigenvalue weighted by atomic mass is 9.96. The first-order chi connectivity index (χ1) is 8.65. The first-order valence-corrected chi connectivity index (χ1v) is 6.22. The maximum absolute atomic E-state index is 10.5. The quantitative estimate of drug-likeness (QED) is 0.465. The van der Waals surface area contributed by atoms with Crippen LogP contribution < -0.4 is 0 Å². The minimum atomic E-state index is -0.241. The Hall–Kier alpha value is -1.68. The van der Waals surface area contributed by atoms with Crippen LogP contribution in [0.3, 0.4) is 0 Å². The van der Waals surface area contributed by atoms with E-state index in [9.17, 15) is 10.1 Å². The van der Waals surface area contributed by atoms with Crippen LogP contribution in [0.4, 0.5) is 0 Å². The van der Waals surface area contributed by atoms with Crippen LogP contribution in [0.5, 0.6) is 0 Å². The lowest BCUT2D eigenvalue weighted by Crippen LogP contribution is -2.34. The predicted molar refractivity (Wildman–Crippen MR) is 70.8 cm³/mol. The zero-order valence-electron chi connectivity index (χ0n) is 10.6. The summed E-state index contributed by atoms with van der Waals surface area (Å²) in [7, 11) is 0. The molecule has 1 heterocycles. The van der Waals surface area contributed by atoms with Gasteiger partial charge in [0.15, 0.2) is 0 Å². The van der Waals surface area contributed by atoms with Crippen molar-refractivity contribution in [2.75, 3.05) is 19.6 Å². The summed E-state index contributed by atoms with van der Waals surface area (Å²) in [6.45, 7) is 4.66. The Labute approximate surface area is 107 Å². The second-order valence-electron chi connectivity index (χ2n) is 4.85. The van der Waals surface area contributed by atoms with Gasteiger partial charge in [-0.3, -0.25) is 15.0 Å². The minimum absolute atomic E-state index is 0.0135. The predicted octanol–water partition coefficient (Wildman–Crippen LogP) is 2.34. The van der Waals surface area contributed by atoms with E-state index in [1.54, 1.807) is 0 Å². The van der Waals surface area contributed by atoms with Crippen molar-refractivity contribution in [3.05, 3.63) is 57.7 Å². The van der Waals surface area contributed by atoms with Crippen LogP contribution >= 0.6 is 0 Å². The Morgan fingerprint density at radius 2 is 2.11 bits per heavy atom.